The molecular formula is C15H20N4O2. The molecule has 0 bridgehead atoms. The highest BCUT2D eigenvalue weighted by molar-refractivity contribution is 5.72. The van der Waals surface area contributed by atoms with Gasteiger partial charge in [0, 0.05) is 26.6 Å². The first-order valence-corrected chi connectivity index (χ1v) is 6.88. The first kappa shape index (κ1) is 15.2. The van der Waals surface area contributed by atoms with E-state index in [1.54, 1.807) is 11.0 Å². The molecule has 2 aromatic rings. The number of esters is 1. The Balaban J connectivity index is 1.83. The van der Waals surface area contributed by atoms with Crippen LogP contribution >= 0.6 is 0 Å². The number of hydrogen-bond donors (Lipinski definition) is 1. The summed E-state index contributed by atoms with van der Waals surface area (Å²) in [6.07, 6.45) is 2.77. The fraction of sp³-hybridized carbons (Fsp3) is 0.400. The molecule has 0 saturated carbocycles. The number of benzene rings is 1. The van der Waals surface area contributed by atoms with Crippen molar-refractivity contribution in [2.75, 3.05) is 13.7 Å². The third-order valence-electron chi connectivity index (χ3n) is 3.17. The van der Waals surface area contributed by atoms with Crippen molar-refractivity contribution >= 4 is 5.97 Å². The summed E-state index contributed by atoms with van der Waals surface area (Å²) in [4.78, 5) is 15.6. The highest BCUT2D eigenvalue weighted by Gasteiger charge is 2.07. The smallest absolute Gasteiger partial charge is 0.309 e. The van der Waals surface area contributed by atoms with Crippen molar-refractivity contribution in [3.05, 3.63) is 47.5 Å². The molecule has 0 aliphatic rings. The number of rotatable bonds is 7. The quantitative estimate of drug-likeness (QED) is 0.604. The molecular weight excluding hydrogens is 268 g/mol. The minimum Gasteiger partial charge on any atom is -0.469 e. The largest absolute Gasteiger partial charge is 0.469 e. The molecule has 0 aliphatic carbocycles. The van der Waals surface area contributed by atoms with Crippen LogP contribution in [0.5, 0.6) is 0 Å². The number of methoxy groups -OCH3 is 1. The standard InChI is InChI=1S/C15H20N4O2/c1-19-11-17-14(18-19)7-8-16-10-13-6-4-3-5-12(13)9-15(20)21-2/h3-6,11,16H,7-10H2,1-2H3. The third-order valence-corrected chi connectivity index (χ3v) is 3.17. The van der Waals surface area contributed by atoms with Crippen LogP contribution in [0.2, 0.25) is 0 Å². The molecule has 0 unspecified atom stereocenters. The highest BCUT2D eigenvalue weighted by Crippen LogP contribution is 2.10. The van der Waals surface area contributed by atoms with Gasteiger partial charge in [0.15, 0.2) is 5.82 Å². The molecule has 1 aromatic carbocycles. The van der Waals surface area contributed by atoms with Gasteiger partial charge in [-0.1, -0.05) is 24.3 Å². The number of carbonyl (C=O) groups excluding carboxylic acids is 1. The van der Waals surface area contributed by atoms with E-state index in [1.165, 1.54) is 7.11 Å². The van der Waals surface area contributed by atoms with Crippen LogP contribution < -0.4 is 5.32 Å². The molecule has 0 amide bonds. The SMILES string of the molecule is COC(=O)Cc1ccccc1CNCCc1ncn(C)n1. The van der Waals surface area contributed by atoms with Crippen LogP contribution in [0.15, 0.2) is 30.6 Å². The van der Waals surface area contributed by atoms with Gasteiger partial charge in [-0.3, -0.25) is 9.48 Å². The minimum atomic E-state index is -0.222. The average Bonchev–Trinajstić information content (AvgIpc) is 2.90. The molecule has 0 fully saturated rings. The lowest BCUT2D eigenvalue weighted by atomic mass is 10.0. The fourth-order valence-corrected chi connectivity index (χ4v) is 2.05. The number of nitrogens with one attached hydrogen (secondary N) is 1. The van der Waals surface area contributed by atoms with Crippen LogP contribution in [0.4, 0.5) is 0 Å². The summed E-state index contributed by atoms with van der Waals surface area (Å²) in [6.45, 7) is 1.50. The molecule has 0 aliphatic heterocycles. The first-order valence-electron chi connectivity index (χ1n) is 6.88. The molecule has 0 saturated heterocycles. The zero-order valence-corrected chi connectivity index (χ0v) is 12.4. The second-order valence-corrected chi connectivity index (χ2v) is 4.78. The van der Waals surface area contributed by atoms with Crippen molar-refractivity contribution in [1.29, 1.82) is 0 Å². The molecule has 1 N–H and O–H groups in total. The number of carbonyl (C=O) groups is 1. The molecule has 112 valence electrons. The molecule has 0 radical (unpaired) electrons. The topological polar surface area (TPSA) is 69.0 Å². The second-order valence-electron chi connectivity index (χ2n) is 4.78. The average molecular weight is 288 g/mol. The van der Waals surface area contributed by atoms with Gasteiger partial charge in [0.1, 0.15) is 6.33 Å². The van der Waals surface area contributed by atoms with Crippen LogP contribution in [0, 0.1) is 0 Å². The lowest BCUT2D eigenvalue weighted by molar-refractivity contribution is -0.139. The predicted molar refractivity (Wildman–Crippen MR) is 78.6 cm³/mol. The van der Waals surface area contributed by atoms with E-state index in [4.69, 9.17) is 4.74 Å². The van der Waals surface area contributed by atoms with E-state index < -0.39 is 0 Å². The Kier molecular flexibility index (Phi) is 5.45. The molecule has 6 nitrogen and oxygen atoms in total. The van der Waals surface area contributed by atoms with E-state index >= 15 is 0 Å². The fourth-order valence-electron chi connectivity index (χ4n) is 2.05. The molecule has 1 aromatic heterocycles. The zero-order valence-electron chi connectivity index (χ0n) is 12.4. The van der Waals surface area contributed by atoms with Crippen LogP contribution in [0.3, 0.4) is 0 Å². The van der Waals surface area contributed by atoms with Crippen molar-refractivity contribution in [2.45, 2.75) is 19.4 Å². The highest BCUT2D eigenvalue weighted by atomic mass is 16.5. The van der Waals surface area contributed by atoms with Crippen molar-refractivity contribution < 1.29 is 9.53 Å². The Morgan fingerprint density at radius 2 is 2.10 bits per heavy atom. The summed E-state index contributed by atoms with van der Waals surface area (Å²) >= 11 is 0. The van der Waals surface area contributed by atoms with Gasteiger partial charge in [-0.2, -0.15) is 5.10 Å². The number of nitrogens with zero attached hydrogens (tertiary/aromatic N) is 3. The van der Waals surface area contributed by atoms with E-state index in [0.29, 0.717) is 13.0 Å². The Labute approximate surface area is 124 Å². The van der Waals surface area contributed by atoms with Gasteiger partial charge in [0.2, 0.25) is 0 Å². The van der Waals surface area contributed by atoms with Crippen molar-refractivity contribution in [3.8, 4) is 0 Å². The van der Waals surface area contributed by atoms with Gasteiger partial charge < -0.3 is 10.1 Å². The van der Waals surface area contributed by atoms with E-state index in [9.17, 15) is 4.79 Å². The summed E-state index contributed by atoms with van der Waals surface area (Å²) in [7, 11) is 3.26. The Hall–Kier alpha value is -2.21. The number of ether oxygens (including phenoxy) is 1. The summed E-state index contributed by atoms with van der Waals surface area (Å²) in [5.74, 6) is 0.605. The third kappa shape index (κ3) is 4.68. The maximum Gasteiger partial charge on any atom is 0.309 e. The van der Waals surface area contributed by atoms with E-state index in [1.807, 2.05) is 31.3 Å². The lowest BCUT2D eigenvalue weighted by Crippen LogP contribution is -2.19. The van der Waals surface area contributed by atoms with Crippen molar-refractivity contribution in [2.24, 2.45) is 7.05 Å². The number of aromatic nitrogens is 3. The normalized spacial score (nSPS) is 10.6. The van der Waals surface area contributed by atoms with E-state index in [-0.39, 0.29) is 5.97 Å². The Morgan fingerprint density at radius 1 is 1.33 bits per heavy atom. The molecule has 1 heterocycles. The zero-order chi connectivity index (χ0) is 15.1. The maximum atomic E-state index is 11.4. The summed E-state index contributed by atoms with van der Waals surface area (Å²) in [5, 5.41) is 7.58. The Bertz CT molecular complexity index is 595. The van der Waals surface area contributed by atoms with Crippen LogP contribution in [0.1, 0.15) is 17.0 Å². The van der Waals surface area contributed by atoms with E-state index in [2.05, 4.69) is 15.4 Å². The Morgan fingerprint density at radius 3 is 2.76 bits per heavy atom. The molecule has 2 rings (SSSR count). The number of hydrogen-bond acceptors (Lipinski definition) is 5. The van der Waals surface area contributed by atoms with Crippen molar-refractivity contribution in [3.63, 3.8) is 0 Å². The minimum absolute atomic E-state index is 0.222. The molecule has 21 heavy (non-hydrogen) atoms. The molecule has 0 spiro atoms. The van der Waals surface area contributed by atoms with Gasteiger partial charge in [0.25, 0.3) is 0 Å². The predicted octanol–water partition coefficient (Wildman–Crippen LogP) is 0.863. The van der Waals surface area contributed by atoms with Gasteiger partial charge in [-0.05, 0) is 11.1 Å². The van der Waals surface area contributed by atoms with Gasteiger partial charge in [-0.15, -0.1) is 0 Å². The monoisotopic (exact) mass is 288 g/mol. The molecule has 0 atom stereocenters. The summed E-state index contributed by atoms with van der Waals surface area (Å²) in [6, 6.07) is 7.87. The lowest BCUT2D eigenvalue weighted by Gasteiger charge is -2.09. The summed E-state index contributed by atoms with van der Waals surface area (Å²) < 4.78 is 6.41. The van der Waals surface area contributed by atoms with E-state index in [0.717, 1.165) is 29.9 Å². The van der Waals surface area contributed by atoms with Crippen LogP contribution in [-0.2, 0) is 36.0 Å². The van der Waals surface area contributed by atoms with Gasteiger partial charge >= 0.3 is 5.97 Å². The van der Waals surface area contributed by atoms with Crippen LogP contribution in [0.25, 0.3) is 0 Å². The molecule has 6 heteroatoms. The first-order chi connectivity index (χ1) is 10.2. The van der Waals surface area contributed by atoms with Gasteiger partial charge in [0.05, 0.1) is 13.5 Å². The second kappa shape index (κ2) is 7.54. The van der Waals surface area contributed by atoms with Crippen LogP contribution in [-0.4, -0.2) is 34.4 Å². The maximum absolute atomic E-state index is 11.4. The summed E-state index contributed by atoms with van der Waals surface area (Å²) in [5.41, 5.74) is 2.10. The van der Waals surface area contributed by atoms with Crippen molar-refractivity contribution in [1.82, 2.24) is 20.1 Å². The van der Waals surface area contributed by atoms with Gasteiger partial charge in [-0.25, -0.2) is 4.98 Å². The number of aryl methyl sites for hydroxylation is 1.